The lowest BCUT2D eigenvalue weighted by Crippen LogP contribution is -2.13. The van der Waals surface area contributed by atoms with Gasteiger partial charge in [0.05, 0.1) is 30.4 Å². The first kappa shape index (κ1) is 21.8. The zero-order valence-corrected chi connectivity index (χ0v) is 18.6. The Labute approximate surface area is 187 Å². The summed E-state index contributed by atoms with van der Waals surface area (Å²) in [6, 6.07) is 14.2. The summed E-state index contributed by atoms with van der Waals surface area (Å²) in [4.78, 5) is 21.3. The Morgan fingerprint density at radius 1 is 1.16 bits per heavy atom. The molecule has 0 atom stereocenters. The Bertz CT molecular complexity index is 1240. The fraction of sp³-hybridized carbons (Fsp3) is 0.261. The van der Waals surface area contributed by atoms with E-state index in [-0.39, 0.29) is 11.7 Å². The predicted molar refractivity (Wildman–Crippen MR) is 123 cm³/mol. The third kappa shape index (κ3) is 5.82. The van der Waals surface area contributed by atoms with Crippen molar-refractivity contribution in [3.05, 3.63) is 66.0 Å². The smallest absolute Gasteiger partial charge is 0.255 e. The predicted octanol–water partition coefficient (Wildman–Crippen LogP) is 3.86. The number of benzene rings is 2. The van der Waals surface area contributed by atoms with E-state index in [4.69, 9.17) is 4.74 Å². The van der Waals surface area contributed by atoms with Crippen LogP contribution in [0.2, 0.25) is 0 Å². The summed E-state index contributed by atoms with van der Waals surface area (Å²) < 4.78 is 31.2. The Balaban J connectivity index is 1.47. The minimum absolute atomic E-state index is 0.156. The number of carbonyl (C=O) groups excluding carboxylic acids is 1. The van der Waals surface area contributed by atoms with Gasteiger partial charge in [0.15, 0.2) is 5.82 Å². The highest BCUT2D eigenvalue weighted by molar-refractivity contribution is 7.92. The Hall–Kier alpha value is -3.46. The molecule has 2 N–H and O–H groups in total. The number of ether oxygens (including phenoxy) is 1. The number of aromatic nitrogens is 2. The molecule has 1 aliphatic rings. The fourth-order valence-electron chi connectivity index (χ4n) is 3.02. The average molecular weight is 453 g/mol. The molecule has 1 saturated carbocycles. The Kier molecular flexibility index (Phi) is 6.09. The number of anilines is 2. The summed E-state index contributed by atoms with van der Waals surface area (Å²) >= 11 is 0. The molecule has 4 rings (SSSR count). The minimum Gasteiger partial charge on any atom is -0.493 e. The maximum atomic E-state index is 12.7. The van der Waals surface area contributed by atoms with Crippen molar-refractivity contribution in [2.24, 2.45) is 5.92 Å². The minimum atomic E-state index is -3.49. The number of sulfonamides is 1. The van der Waals surface area contributed by atoms with Crippen LogP contribution in [0.1, 0.15) is 28.9 Å². The molecule has 3 aromatic rings. The van der Waals surface area contributed by atoms with Crippen molar-refractivity contribution in [1.82, 2.24) is 9.97 Å². The van der Waals surface area contributed by atoms with Crippen LogP contribution in [0.4, 0.5) is 11.5 Å². The topological polar surface area (TPSA) is 110 Å². The average Bonchev–Trinajstić information content (AvgIpc) is 3.58. The van der Waals surface area contributed by atoms with Crippen molar-refractivity contribution in [3.63, 3.8) is 0 Å². The number of nitrogens with zero attached hydrogens (tertiary/aromatic N) is 2. The molecular weight excluding hydrogens is 428 g/mol. The normalized spacial score (nSPS) is 13.4. The first-order valence-electron chi connectivity index (χ1n) is 10.2. The van der Waals surface area contributed by atoms with E-state index in [0.717, 1.165) is 18.6 Å². The summed E-state index contributed by atoms with van der Waals surface area (Å²) in [5.41, 5.74) is 2.65. The van der Waals surface area contributed by atoms with Crippen LogP contribution in [-0.2, 0) is 10.0 Å². The second-order valence-electron chi connectivity index (χ2n) is 7.88. The summed E-state index contributed by atoms with van der Waals surface area (Å²) in [5, 5.41) is 2.87. The molecule has 0 bridgehead atoms. The molecule has 2 aromatic carbocycles. The monoisotopic (exact) mass is 452 g/mol. The second kappa shape index (κ2) is 8.96. The van der Waals surface area contributed by atoms with Crippen LogP contribution in [0.15, 0.2) is 54.7 Å². The third-order valence-corrected chi connectivity index (χ3v) is 5.52. The highest BCUT2D eigenvalue weighted by atomic mass is 32.2. The number of aryl methyl sites for hydroxylation is 1. The molecule has 1 amide bonds. The molecule has 1 fully saturated rings. The standard InChI is InChI=1S/C23H24N4O4S/c1-15-22(27-32(2,29)30)26-21(13-24-15)17-4-3-5-18(12-17)23(28)25-19-8-10-20(11-9-19)31-14-16-6-7-16/h3-5,8-13,16H,6-7,14H2,1-2H3,(H,25,28)(H,26,27). The number of hydrogen-bond donors (Lipinski definition) is 2. The number of amides is 1. The van der Waals surface area contributed by atoms with Gasteiger partial charge in [-0.05, 0) is 62.1 Å². The van der Waals surface area contributed by atoms with Crippen LogP contribution < -0.4 is 14.8 Å². The third-order valence-electron chi connectivity index (χ3n) is 4.95. The van der Waals surface area contributed by atoms with Crippen molar-refractivity contribution in [2.75, 3.05) is 22.9 Å². The van der Waals surface area contributed by atoms with E-state index in [1.165, 1.54) is 12.8 Å². The van der Waals surface area contributed by atoms with Gasteiger partial charge in [-0.1, -0.05) is 12.1 Å². The molecule has 1 aliphatic carbocycles. The van der Waals surface area contributed by atoms with Crippen LogP contribution in [0.3, 0.4) is 0 Å². The van der Waals surface area contributed by atoms with Gasteiger partial charge in [0, 0.05) is 16.8 Å². The van der Waals surface area contributed by atoms with Crippen LogP contribution in [0.5, 0.6) is 5.75 Å². The number of carbonyl (C=O) groups is 1. The molecule has 1 heterocycles. The van der Waals surface area contributed by atoms with E-state index in [1.54, 1.807) is 49.5 Å². The molecule has 1 aromatic heterocycles. The van der Waals surface area contributed by atoms with Gasteiger partial charge in [-0.2, -0.15) is 0 Å². The van der Waals surface area contributed by atoms with Gasteiger partial charge in [-0.3, -0.25) is 14.5 Å². The molecule has 0 saturated heterocycles. The van der Waals surface area contributed by atoms with Gasteiger partial charge in [0.25, 0.3) is 5.91 Å². The van der Waals surface area contributed by atoms with Crippen molar-refractivity contribution < 1.29 is 17.9 Å². The number of nitrogens with one attached hydrogen (secondary N) is 2. The molecule has 0 aliphatic heterocycles. The zero-order valence-electron chi connectivity index (χ0n) is 17.8. The van der Waals surface area contributed by atoms with Crippen LogP contribution in [-0.4, -0.2) is 37.2 Å². The van der Waals surface area contributed by atoms with E-state index in [0.29, 0.717) is 34.1 Å². The lowest BCUT2D eigenvalue weighted by Gasteiger charge is -2.10. The molecule has 0 spiro atoms. The lowest BCUT2D eigenvalue weighted by atomic mass is 10.1. The summed E-state index contributed by atoms with van der Waals surface area (Å²) in [6.45, 7) is 2.40. The SMILES string of the molecule is Cc1ncc(-c2cccc(C(=O)Nc3ccc(OCC4CC4)cc3)c2)nc1NS(C)(=O)=O. The van der Waals surface area contributed by atoms with Gasteiger partial charge >= 0.3 is 0 Å². The zero-order chi connectivity index (χ0) is 22.7. The Morgan fingerprint density at radius 3 is 2.59 bits per heavy atom. The van der Waals surface area contributed by atoms with Gasteiger partial charge in [0.1, 0.15) is 5.75 Å². The molecule has 0 radical (unpaired) electrons. The fourth-order valence-corrected chi connectivity index (χ4v) is 3.56. The Morgan fingerprint density at radius 2 is 1.91 bits per heavy atom. The number of hydrogen-bond acceptors (Lipinski definition) is 6. The van der Waals surface area contributed by atoms with Crippen molar-refractivity contribution in [3.8, 4) is 17.0 Å². The summed E-state index contributed by atoms with van der Waals surface area (Å²) in [5.74, 6) is 1.35. The van der Waals surface area contributed by atoms with E-state index < -0.39 is 10.0 Å². The van der Waals surface area contributed by atoms with Gasteiger partial charge < -0.3 is 10.1 Å². The van der Waals surface area contributed by atoms with Crippen LogP contribution >= 0.6 is 0 Å². The summed E-state index contributed by atoms with van der Waals surface area (Å²) in [6.07, 6.45) is 5.06. The van der Waals surface area contributed by atoms with Crippen LogP contribution in [0.25, 0.3) is 11.3 Å². The van der Waals surface area contributed by atoms with E-state index >= 15 is 0 Å². The first-order chi connectivity index (χ1) is 15.3. The molecular formula is C23H24N4O4S. The second-order valence-corrected chi connectivity index (χ2v) is 9.63. The van der Waals surface area contributed by atoms with Gasteiger partial charge in [-0.15, -0.1) is 0 Å². The maximum absolute atomic E-state index is 12.7. The maximum Gasteiger partial charge on any atom is 0.255 e. The van der Waals surface area contributed by atoms with E-state index in [9.17, 15) is 13.2 Å². The summed E-state index contributed by atoms with van der Waals surface area (Å²) in [7, 11) is -3.49. The highest BCUT2D eigenvalue weighted by Crippen LogP contribution is 2.30. The molecule has 9 heteroatoms. The quantitative estimate of drug-likeness (QED) is 0.537. The van der Waals surface area contributed by atoms with Crippen molar-refractivity contribution in [2.45, 2.75) is 19.8 Å². The number of rotatable bonds is 8. The van der Waals surface area contributed by atoms with Gasteiger partial charge in [-0.25, -0.2) is 13.4 Å². The van der Waals surface area contributed by atoms with E-state index in [2.05, 4.69) is 20.0 Å². The first-order valence-corrected chi connectivity index (χ1v) is 12.1. The van der Waals surface area contributed by atoms with Crippen LogP contribution in [0, 0.1) is 12.8 Å². The largest absolute Gasteiger partial charge is 0.493 e. The lowest BCUT2D eigenvalue weighted by molar-refractivity contribution is 0.102. The highest BCUT2D eigenvalue weighted by Gasteiger charge is 2.21. The molecule has 0 unspecified atom stereocenters. The molecule has 8 nitrogen and oxygen atoms in total. The van der Waals surface area contributed by atoms with Crippen molar-refractivity contribution >= 4 is 27.4 Å². The van der Waals surface area contributed by atoms with Crippen molar-refractivity contribution in [1.29, 1.82) is 0 Å². The molecule has 166 valence electrons. The molecule has 32 heavy (non-hydrogen) atoms. The van der Waals surface area contributed by atoms with E-state index in [1.807, 2.05) is 12.1 Å². The van der Waals surface area contributed by atoms with Gasteiger partial charge in [0.2, 0.25) is 10.0 Å².